The van der Waals surface area contributed by atoms with Crippen LogP contribution < -0.4 is 11.1 Å². The summed E-state index contributed by atoms with van der Waals surface area (Å²) in [6.45, 7) is 3.20. The standard InChI is InChI=1S/C11H18N4O4/c1-6-9(17)15-11(13-6)14-8(4-3-5-12)10(18)19-7(2)16/h8,17H,3-5,12H2,1-2H3,(H2,13,14,15)/t8-/m0/s1. The molecule has 1 aromatic rings. The predicted molar refractivity (Wildman–Crippen MR) is 67.5 cm³/mol. The number of ether oxygens (including phenoxy) is 1. The first-order chi connectivity index (χ1) is 8.93. The Balaban J connectivity index is 2.73. The first kappa shape index (κ1) is 15.0. The molecular weight excluding hydrogens is 252 g/mol. The summed E-state index contributed by atoms with van der Waals surface area (Å²) in [4.78, 5) is 29.0. The SMILES string of the molecule is CC(=O)OC(=O)[C@H](CCCN)Nc1nc(O)c(C)[nH]1. The summed E-state index contributed by atoms with van der Waals surface area (Å²) >= 11 is 0. The fourth-order valence-corrected chi connectivity index (χ4v) is 1.47. The minimum Gasteiger partial charge on any atom is -0.492 e. The van der Waals surface area contributed by atoms with Gasteiger partial charge in [0.25, 0.3) is 0 Å². The number of carbonyl (C=O) groups is 2. The Hall–Kier alpha value is -2.09. The van der Waals surface area contributed by atoms with Crippen LogP contribution in [0.1, 0.15) is 25.5 Å². The summed E-state index contributed by atoms with van der Waals surface area (Å²) in [6, 6.07) is -0.752. The van der Waals surface area contributed by atoms with Crippen molar-refractivity contribution in [2.45, 2.75) is 32.7 Å². The van der Waals surface area contributed by atoms with Crippen molar-refractivity contribution in [2.24, 2.45) is 5.73 Å². The predicted octanol–water partition coefficient (Wildman–Crippen LogP) is 0.0328. The van der Waals surface area contributed by atoms with Gasteiger partial charge >= 0.3 is 11.9 Å². The van der Waals surface area contributed by atoms with E-state index in [4.69, 9.17) is 5.73 Å². The zero-order chi connectivity index (χ0) is 14.4. The molecule has 19 heavy (non-hydrogen) atoms. The fourth-order valence-electron chi connectivity index (χ4n) is 1.47. The number of aryl methyl sites for hydroxylation is 1. The Morgan fingerprint density at radius 1 is 1.58 bits per heavy atom. The third kappa shape index (κ3) is 4.59. The van der Waals surface area contributed by atoms with Crippen LogP contribution >= 0.6 is 0 Å². The number of nitrogens with one attached hydrogen (secondary N) is 2. The third-order valence-corrected chi connectivity index (χ3v) is 2.40. The van der Waals surface area contributed by atoms with E-state index in [1.54, 1.807) is 6.92 Å². The molecule has 0 fully saturated rings. The first-order valence-corrected chi connectivity index (χ1v) is 5.88. The summed E-state index contributed by atoms with van der Waals surface area (Å²) < 4.78 is 4.53. The number of anilines is 1. The maximum Gasteiger partial charge on any atom is 0.336 e. The van der Waals surface area contributed by atoms with E-state index < -0.39 is 18.0 Å². The number of hydrogen-bond acceptors (Lipinski definition) is 7. The van der Waals surface area contributed by atoms with Gasteiger partial charge in [-0.3, -0.25) is 4.79 Å². The van der Waals surface area contributed by atoms with Crippen molar-refractivity contribution in [3.05, 3.63) is 5.69 Å². The van der Waals surface area contributed by atoms with Crippen LogP contribution in [0.15, 0.2) is 0 Å². The average molecular weight is 270 g/mol. The molecule has 1 aromatic heterocycles. The van der Waals surface area contributed by atoms with Crippen molar-refractivity contribution < 1.29 is 19.4 Å². The number of nitrogens with zero attached hydrogens (tertiary/aromatic N) is 1. The quantitative estimate of drug-likeness (QED) is 0.424. The summed E-state index contributed by atoms with van der Waals surface area (Å²) in [5.41, 5.74) is 5.86. The van der Waals surface area contributed by atoms with Crippen LogP contribution in [0.4, 0.5) is 5.95 Å². The van der Waals surface area contributed by atoms with Gasteiger partial charge in [-0.25, -0.2) is 4.79 Å². The number of imidazole rings is 1. The number of rotatable bonds is 6. The normalized spacial score (nSPS) is 11.9. The Morgan fingerprint density at radius 3 is 2.74 bits per heavy atom. The van der Waals surface area contributed by atoms with Gasteiger partial charge in [0.2, 0.25) is 11.8 Å². The van der Waals surface area contributed by atoms with Gasteiger partial charge in [0.05, 0.1) is 5.69 Å². The smallest absolute Gasteiger partial charge is 0.336 e. The highest BCUT2D eigenvalue weighted by Crippen LogP contribution is 2.16. The van der Waals surface area contributed by atoms with Gasteiger partial charge in [0.1, 0.15) is 6.04 Å². The number of aromatic hydroxyl groups is 1. The first-order valence-electron chi connectivity index (χ1n) is 5.88. The number of H-pyrrole nitrogens is 1. The lowest BCUT2D eigenvalue weighted by Crippen LogP contribution is -2.33. The largest absolute Gasteiger partial charge is 0.492 e. The highest BCUT2D eigenvalue weighted by atomic mass is 16.6. The van der Waals surface area contributed by atoms with E-state index in [0.717, 1.165) is 6.92 Å². The number of hydrogen-bond donors (Lipinski definition) is 4. The number of esters is 2. The molecule has 0 aromatic carbocycles. The lowest BCUT2D eigenvalue weighted by Gasteiger charge is -2.15. The molecule has 0 aliphatic heterocycles. The van der Waals surface area contributed by atoms with Gasteiger partial charge in [-0.05, 0) is 26.3 Å². The molecule has 5 N–H and O–H groups in total. The minimum atomic E-state index is -0.752. The molecule has 8 nitrogen and oxygen atoms in total. The highest BCUT2D eigenvalue weighted by molar-refractivity contribution is 5.88. The second-order valence-electron chi connectivity index (χ2n) is 4.07. The molecule has 1 heterocycles. The Labute approximate surface area is 110 Å². The molecule has 8 heteroatoms. The molecule has 0 saturated heterocycles. The minimum absolute atomic E-state index is 0.153. The topological polar surface area (TPSA) is 130 Å². The van der Waals surface area contributed by atoms with Crippen LogP contribution in [0.5, 0.6) is 5.88 Å². The molecule has 0 radical (unpaired) electrons. The molecule has 0 aliphatic carbocycles. The molecule has 0 amide bonds. The molecule has 0 saturated carbocycles. The van der Waals surface area contributed by atoms with E-state index in [9.17, 15) is 14.7 Å². The number of aromatic nitrogens is 2. The molecule has 106 valence electrons. The van der Waals surface area contributed by atoms with E-state index in [2.05, 4.69) is 20.0 Å². The monoisotopic (exact) mass is 270 g/mol. The zero-order valence-electron chi connectivity index (χ0n) is 10.9. The van der Waals surface area contributed by atoms with Crippen LogP contribution in [-0.4, -0.2) is 39.6 Å². The summed E-state index contributed by atoms with van der Waals surface area (Å²) in [7, 11) is 0. The summed E-state index contributed by atoms with van der Waals surface area (Å²) in [5, 5.41) is 12.1. The molecule has 0 aliphatic rings. The molecule has 1 atom stereocenters. The zero-order valence-corrected chi connectivity index (χ0v) is 10.9. The number of carbonyl (C=O) groups excluding carboxylic acids is 2. The van der Waals surface area contributed by atoms with E-state index in [-0.39, 0.29) is 11.8 Å². The van der Waals surface area contributed by atoms with E-state index >= 15 is 0 Å². The van der Waals surface area contributed by atoms with Crippen molar-refractivity contribution in [3.63, 3.8) is 0 Å². The second-order valence-corrected chi connectivity index (χ2v) is 4.07. The number of nitrogens with two attached hydrogens (primary N) is 1. The van der Waals surface area contributed by atoms with Crippen LogP contribution in [-0.2, 0) is 14.3 Å². The van der Waals surface area contributed by atoms with Crippen molar-refractivity contribution in [3.8, 4) is 5.88 Å². The second kappa shape index (κ2) is 6.74. The van der Waals surface area contributed by atoms with Crippen LogP contribution in [0.3, 0.4) is 0 Å². The lowest BCUT2D eigenvalue weighted by molar-refractivity contribution is -0.158. The van der Waals surface area contributed by atoms with Gasteiger partial charge in [0, 0.05) is 6.92 Å². The average Bonchev–Trinajstić information content (AvgIpc) is 2.63. The third-order valence-electron chi connectivity index (χ3n) is 2.40. The molecule has 0 bridgehead atoms. The van der Waals surface area contributed by atoms with Crippen molar-refractivity contribution in [1.29, 1.82) is 0 Å². The summed E-state index contributed by atoms with van der Waals surface area (Å²) in [6.07, 6.45) is 0.972. The molecule has 0 spiro atoms. The van der Waals surface area contributed by atoms with Gasteiger partial charge < -0.3 is 25.9 Å². The van der Waals surface area contributed by atoms with Gasteiger partial charge in [-0.15, -0.1) is 0 Å². The van der Waals surface area contributed by atoms with Crippen LogP contribution in [0.2, 0.25) is 0 Å². The summed E-state index contributed by atoms with van der Waals surface area (Å²) in [5.74, 6) is -1.30. The van der Waals surface area contributed by atoms with Crippen LogP contribution in [0, 0.1) is 6.92 Å². The fraction of sp³-hybridized carbons (Fsp3) is 0.545. The van der Waals surface area contributed by atoms with E-state index in [1.807, 2.05) is 0 Å². The van der Waals surface area contributed by atoms with Gasteiger partial charge in [0.15, 0.2) is 0 Å². The molecular formula is C11H18N4O4. The van der Waals surface area contributed by atoms with E-state index in [1.165, 1.54) is 0 Å². The van der Waals surface area contributed by atoms with Crippen molar-refractivity contribution >= 4 is 17.9 Å². The van der Waals surface area contributed by atoms with Crippen molar-refractivity contribution in [1.82, 2.24) is 9.97 Å². The lowest BCUT2D eigenvalue weighted by atomic mass is 10.1. The Morgan fingerprint density at radius 2 is 2.26 bits per heavy atom. The molecule has 0 unspecified atom stereocenters. The highest BCUT2D eigenvalue weighted by Gasteiger charge is 2.22. The maximum atomic E-state index is 11.7. The van der Waals surface area contributed by atoms with Gasteiger partial charge in [-0.1, -0.05) is 0 Å². The van der Waals surface area contributed by atoms with Gasteiger partial charge in [-0.2, -0.15) is 4.98 Å². The van der Waals surface area contributed by atoms with Crippen molar-refractivity contribution in [2.75, 3.05) is 11.9 Å². The number of aromatic amines is 1. The van der Waals surface area contributed by atoms with Crippen LogP contribution in [0.25, 0.3) is 0 Å². The molecule has 1 rings (SSSR count). The Kier molecular flexibility index (Phi) is 5.31. The Bertz CT molecular complexity index is 438. The van der Waals surface area contributed by atoms with E-state index in [0.29, 0.717) is 25.1 Å². The maximum absolute atomic E-state index is 11.7.